The van der Waals surface area contributed by atoms with E-state index in [4.69, 9.17) is 0 Å². The van der Waals surface area contributed by atoms with Gasteiger partial charge in [-0.05, 0) is 19.3 Å². The van der Waals surface area contributed by atoms with Crippen LogP contribution in [-0.2, 0) is 23.1 Å². The first-order valence-corrected chi connectivity index (χ1v) is 7.69. The molecule has 1 N–H and O–H groups in total. The minimum atomic E-state index is -0.444. The van der Waals surface area contributed by atoms with Gasteiger partial charge in [0, 0.05) is 13.2 Å². The second-order valence-electron chi connectivity index (χ2n) is 5.47. The van der Waals surface area contributed by atoms with E-state index in [0.717, 1.165) is 24.2 Å². The number of piperazine rings is 1. The van der Waals surface area contributed by atoms with Gasteiger partial charge in [0.2, 0.25) is 11.8 Å². The van der Waals surface area contributed by atoms with E-state index in [2.05, 4.69) is 10.4 Å². The van der Waals surface area contributed by atoms with Crippen molar-refractivity contribution in [2.75, 3.05) is 4.90 Å². The van der Waals surface area contributed by atoms with E-state index in [-0.39, 0.29) is 11.8 Å². The van der Waals surface area contributed by atoms with Gasteiger partial charge in [-0.3, -0.25) is 19.2 Å². The smallest absolute Gasteiger partial charge is 0.250 e. The van der Waals surface area contributed by atoms with Crippen molar-refractivity contribution in [3.05, 3.63) is 11.9 Å². The lowest BCUT2D eigenvalue weighted by molar-refractivity contribution is -0.134. The van der Waals surface area contributed by atoms with Crippen molar-refractivity contribution in [2.24, 2.45) is 7.05 Å². The third-order valence-corrected chi connectivity index (χ3v) is 3.91. The molecule has 2 unspecified atom stereocenters. The van der Waals surface area contributed by atoms with Gasteiger partial charge in [-0.25, -0.2) is 0 Å². The van der Waals surface area contributed by atoms with Crippen molar-refractivity contribution in [3.63, 3.8) is 0 Å². The van der Waals surface area contributed by atoms with Crippen LogP contribution in [0.15, 0.2) is 6.20 Å². The highest BCUT2D eigenvalue weighted by Crippen LogP contribution is 2.27. The molecule has 1 aromatic rings. The summed E-state index contributed by atoms with van der Waals surface area (Å²) in [6.45, 7) is 5.94. The number of aromatic nitrogens is 2. The van der Waals surface area contributed by atoms with Gasteiger partial charge in [-0.1, -0.05) is 27.2 Å². The van der Waals surface area contributed by atoms with E-state index >= 15 is 0 Å². The van der Waals surface area contributed by atoms with Gasteiger partial charge in [0.05, 0.1) is 11.4 Å². The number of carbonyl (C=O) groups excluding carboxylic acids is 2. The highest BCUT2D eigenvalue weighted by atomic mass is 16.2. The standard InChI is InChI=1S/C15H24N4O2/c1-5-8-11-15(21)19(12(7-3)14(20)16-11)13-9-18(4)17-10(13)6-2/h9,11-12H,5-8H2,1-4H3,(H,16,20). The van der Waals surface area contributed by atoms with Gasteiger partial charge in [-0.15, -0.1) is 0 Å². The number of nitrogens with zero attached hydrogens (tertiary/aromatic N) is 3. The first-order chi connectivity index (χ1) is 10.0. The summed E-state index contributed by atoms with van der Waals surface area (Å²) in [6, 6.07) is -0.865. The fraction of sp³-hybridized carbons (Fsp3) is 0.667. The molecule has 0 aliphatic carbocycles. The average molecular weight is 292 g/mol. The summed E-state index contributed by atoms with van der Waals surface area (Å²) in [6.07, 6.45) is 4.68. The van der Waals surface area contributed by atoms with E-state index in [1.165, 1.54) is 0 Å². The van der Waals surface area contributed by atoms with Gasteiger partial charge < -0.3 is 5.32 Å². The van der Waals surface area contributed by atoms with Gasteiger partial charge >= 0.3 is 0 Å². The number of anilines is 1. The molecule has 1 aliphatic heterocycles. The Morgan fingerprint density at radius 2 is 2.00 bits per heavy atom. The summed E-state index contributed by atoms with van der Waals surface area (Å²) in [5, 5.41) is 7.25. The lowest BCUT2D eigenvalue weighted by atomic mass is 10.0. The molecular weight excluding hydrogens is 268 g/mol. The second-order valence-corrected chi connectivity index (χ2v) is 5.47. The maximum atomic E-state index is 12.8. The molecule has 2 rings (SSSR count). The Morgan fingerprint density at radius 1 is 1.29 bits per heavy atom. The zero-order chi connectivity index (χ0) is 15.6. The molecule has 2 amide bonds. The van der Waals surface area contributed by atoms with Crippen LogP contribution in [0.4, 0.5) is 5.69 Å². The normalized spacial score (nSPS) is 22.6. The van der Waals surface area contributed by atoms with Crippen LogP contribution in [0.2, 0.25) is 0 Å². The summed E-state index contributed by atoms with van der Waals surface area (Å²) in [5.41, 5.74) is 1.63. The SMILES string of the molecule is CCCC1NC(=O)C(CC)N(c2cn(C)nc2CC)C1=O. The predicted molar refractivity (Wildman–Crippen MR) is 81.0 cm³/mol. The molecule has 0 saturated carbocycles. The molecule has 1 fully saturated rings. The lowest BCUT2D eigenvalue weighted by Gasteiger charge is -2.38. The molecule has 0 bridgehead atoms. The van der Waals surface area contributed by atoms with E-state index in [0.29, 0.717) is 12.8 Å². The monoisotopic (exact) mass is 292 g/mol. The van der Waals surface area contributed by atoms with Crippen molar-refractivity contribution in [2.45, 2.75) is 58.5 Å². The fourth-order valence-electron chi connectivity index (χ4n) is 2.88. The molecule has 2 heterocycles. The van der Waals surface area contributed by atoms with Crippen molar-refractivity contribution >= 4 is 17.5 Å². The molecule has 1 aliphatic rings. The Bertz CT molecular complexity index is 538. The first-order valence-electron chi connectivity index (χ1n) is 7.69. The summed E-state index contributed by atoms with van der Waals surface area (Å²) < 4.78 is 1.70. The third kappa shape index (κ3) is 2.80. The van der Waals surface area contributed by atoms with E-state index in [1.54, 1.807) is 9.58 Å². The van der Waals surface area contributed by atoms with Gasteiger partial charge in [-0.2, -0.15) is 5.10 Å². The van der Waals surface area contributed by atoms with Crippen LogP contribution in [0.3, 0.4) is 0 Å². The van der Waals surface area contributed by atoms with Crippen molar-refractivity contribution in [1.82, 2.24) is 15.1 Å². The lowest BCUT2D eigenvalue weighted by Crippen LogP contribution is -2.63. The maximum Gasteiger partial charge on any atom is 0.250 e. The van der Waals surface area contributed by atoms with Crippen LogP contribution in [-0.4, -0.2) is 33.7 Å². The quantitative estimate of drug-likeness (QED) is 0.892. The second kappa shape index (κ2) is 6.28. The van der Waals surface area contributed by atoms with Crippen molar-refractivity contribution < 1.29 is 9.59 Å². The molecule has 0 spiro atoms. The molecule has 1 aromatic heterocycles. The fourth-order valence-corrected chi connectivity index (χ4v) is 2.88. The summed E-state index contributed by atoms with van der Waals surface area (Å²) in [4.78, 5) is 26.8. The van der Waals surface area contributed by atoms with Crippen molar-refractivity contribution in [3.8, 4) is 0 Å². The Morgan fingerprint density at radius 3 is 2.57 bits per heavy atom. The Labute approximate surface area is 125 Å². The largest absolute Gasteiger partial charge is 0.342 e. The molecule has 116 valence electrons. The predicted octanol–water partition coefficient (Wildman–Crippen LogP) is 1.39. The molecule has 0 aromatic carbocycles. The minimum absolute atomic E-state index is 0.0222. The average Bonchev–Trinajstić information content (AvgIpc) is 2.83. The minimum Gasteiger partial charge on any atom is -0.342 e. The van der Waals surface area contributed by atoms with Crippen LogP contribution in [0.5, 0.6) is 0 Å². The molecule has 21 heavy (non-hydrogen) atoms. The van der Waals surface area contributed by atoms with E-state index in [9.17, 15) is 9.59 Å². The van der Waals surface area contributed by atoms with Gasteiger partial charge in [0.25, 0.3) is 0 Å². The van der Waals surface area contributed by atoms with Crippen molar-refractivity contribution in [1.29, 1.82) is 0 Å². The van der Waals surface area contributed by atoms with E-state index < -0.39 is 12.1 Å². The number of hydrogen-bond donors (Lipinski definition) is 1. The molecule has 2 atom stereocenters. The van der Waals surface area contributed by atoms with Crippen LogP contribution >= 0.6 is 0 Å². The molecule has 6 nitrogen and oxygen atoms in total. The maximum absolute atomic E-state index is 12.8. The zero-order valence-corrected chi connectivity index (χ0v) is 13.2. The topological polar surface area (TPSA) is 67.2 Å². The highest BCUT2D eigenvalue weighted by molar-refractivity contribution is 6.08. The van der Waals surface area contributed by atoms with Gasteiger partial charge in [0.15, 0.2) is 0 Å². The van der Waals surface area contributed by atoms with Crippen LogP contribution in [0.1, 0.15) is 45.7 Å². The number of hydrogen-bond acceptors (Lipinski definition) is 3. The molecular formula is C15H24N4O2. The Kier molecular flexibility index (Phi) is 4.65. The highest BCUT2D eigenvalue weighted by Gasteiger charge is 2.41. The number of aryl methyl sites for hydroxylation is 2. The molecule has 0 radical (unpaired) electrons. The Balaban J connectivity index is 2.43. The number of carbonyl (C=O) groups is 2. The molecule has 1 saturated heterocycles. The number of nitrogens with one attached hydrogen (secondary N) is 1. The number of amides is 2. The Hall–Kier alpha value is -1.85. The third-order valence-electron chi connectivity index (χ3n) is 3.91. The van der Waals surface area contributed by atoms with Crippen LogP contribution in [0.25, 0.3) is 0 Å². The molecule has 6 heteroatoms. The van der Waals surface area contributed by atoms with Crippen LogP contribution < -0.4 is 10.2 Å². The van der Waals surface area contributed by atoms with Crippen LogP contribution in [0, 0.1) is 0 Å². The van der Waals surface area contributed by atoms with E-state index in [1.807, 2.05) is 34.0 Å². The summed E-state index contributed by atoms with van der Waals surface area (Å²) >= 11 is 0. The zero-order valence-electron chi connectivity index (χ0n) is 13.2. The summed E-state index contributed by atoms with van der Waals surface area (Å²) in [5.74, 6) is -0.0903. The summed E-state index contributed by atoms with van der Waals surface area (Å²) in [7, 11) is 1.83. The number of rotatable bonds is 5. The van der Waals surface area contributed by atoms with Gasteiger partial charge in [0.1, 0.15) is 12.1 Å². The first kappa shape index (κ1) is 15.5.